The van der Waals surface area contributed by atoms with E-state index in [1.54, 1.807) is 0 Å². The summed E-state index contributed by atoms with van der Waals surface area (Å²) < 4.78 is 23.6. The molecule has 1 aliphatic rings. The van der Waals surface area contributed by atoms with Crippen LogP contribution in [-0.4, -0.2) is 54.7 Å². The first kappa shape index (κ1) is 54.3. The molecule has 0 saturated carbocycles. The van der Waals surface area contributed by atoms with E-state index in [2.05, 4.69) is 13.8 Å². The van der Waals surface area contributed by atoms with Crippen molar-refractivity contribution in [1.82, 2.24) is 0 Å². The molecule has 0 aromatic heterocycles. The van der Waals surface area contributed by atoms with Crippen molar-refractivity contribution in [3.8, 4) is 51.7 Å². The standard InChI is InChI=1S/C54H78O13/c1-3-5-7-9-11-13-15-17-19-21-23-25-27-29-49(60)64-47-34-38(31-45(59)53(47)67-50(61)30-28-26-24-22-20-18-16-14-12-10-8-6-4-2)52-48(37-41-42(56)35-40(55)36-46(41)65-52)66-54(63)39-32-43(57)51(62)44(58)33-39/h31-36,48,52,55-59,62H,3-30,37H2,1-2H3. The number of phenolic OH excluding ortho intramolecular Hbond substituents is 6. The number of hydrogen-bond donors (Lipinski definition) is 6. The maximum absolute atomic E-state index is 13.5. The molecule has 0 fully saturated rings. The second-order valence-corrected chi connectivity index (χ2v) is 18.3. The number of rotatable bonds is 33. The highest BCUT2D eigenvalue weighted by Crippen LogP contribution is 2.47. The molecule has 0 spiro atoms. The van der Waals surface area contributed by atoms with Crippen LogP contribution in [0.25, 0.3) is 0 Å². The van der Waals surface area contributed by atoms with Gasteiger partial charge < -0.3 is 49.6 Å². The number of ether oxygens (including phenoxy) is 4. The minimum atomic E-state index is -1.27. The summed E-state index contributed by atoms with van der Waals surface area (Å²) in [5, 5.41) is 62.5. The van der Waals surface area contributed by atoms with E-state index in [4.69, 9.17) is 18.9 Å². The fraction of sp³-hybridized carbons (Fsp3) is 0.611. The van der Waals surface area contributed by atoms with Gasteiger partial charge in [-0.3, -0.25) is 9.59 Å². The normalized spacial score (nSPS) is 14.3. The lowest BCUT2D eigenvalue weighted by atomic mass is 9.93. The number of hydrogen-bond acceptors (Lipinski definition) is 13. The van der Waals surface area contributed by atoms with Crippen LogP contribution in [0, 0.1) is 0 Å². The van der Waals surface area contributed by atoms with Crippen molar-refractivity contribution in [2.75, 3.05) is 0 Å². The predicted molar refractivity (Wildman–Crippen MR) is 257 cm³/mol. The molecule has 3 aromatic rings. The van der Waals surface area contributed by atoms with E-state index in [-0.39, 0.29) is 64.7 Å². The van der Waals surface area contributed by atoms with E-state index in [1.807, 2.05) is 0 Å². The number of fused-ring (bicyclic) bond motifs is 1. The van der Waals surface area contributed by atoms with Crippen molar-refractivity contribution >= 4 is 17.9 Å². The zero-order chi connectivity index (χ0) is 48.4. The Morgan fingerprint density at radius 3 is 1.45 bits per heavy atom. The maximum atomic E-state index is 13.5. The molecular weight excluding hydrogens is 857 g/mol. The monoisotopic (exact) mass is 935 g/mol. The van der Waals surface area contributed by atoms with Gasteiger partial charge >= 0.3 is 17.9 Å². The smallest absolute Gasteiger partial charge is 0.338 e. The first-order valence-corrected chi connectivity index (χ1v) is 25.4. The summed E-state index contributed by atoms with van der Waals surface area (Å²) in [6.07, 6.45) is 27.3. The summed E-state index contributed by atoms with van der Waals surface area (Å²) in [6, 6.07) is 6.75. The Balaban J connectivity index is 1.44. The van der Waals surface area contributed by atoms with E-state index >= 15 is 0 Å². The lowest BCUT2D eigenvalue weighted by Crippen LogP contribution is -2.35. The lowest BCUT2D eigenvalue weighted by Gasteiger charge is -2.34. The first-order chi connectivity index (χ1) is 32.4. The summed E-state index contributed by atoms with van der Waals surface area (Å²) in [6.45, 7) is 4.46. The molecular formula is C54H78O13. The Morgan fingerprint density at radius 2 is 0.970 bits per heavy atom. The minimum Gasteiger partial charge on any atom is -0.508 e. The zero-order valence-corrected chi connectivity index (χ0v) is 40.2. The highest BCUT2D eigenvalue weighted by Gasteiger charge is 2.38. The average Bonchev–Trinajstić information content (AvgIpc) is 3.29. The van der Waals surface area contributed by atoms with E-state index in [0.717, 1.165) is 69.6 Å². The molecule has 1 heterocycles. The Labute approximate surface area is 397 Å². The van der Waals surface area contributed by atoms with Crippen molar-refractivity contribution in [3.05, 3.63) is 53.1 Å². The number of esters is 3. The summed E-state index contributed by atoms with van der Waals surface area (Å²) in [7, 11) is 0. The Bertz CT molecular complexity index is 1950. The summed E-state index contributed by atoms with van der Waals surface area (Å²) in [5.41, 5.74) is -0.000421. The first-order valence-electron chi connectivity index (χ1n) is 25.4. The molecule has 4 rings (SSSR count). The Morgan fingerprint density at radius 1 is 0.522 bits per heavy atom. The number of benzene rings is 3. The van der Waals surface area contributed by atoms with Gasteiger partial charge in [-0.05, 0) is 37.1 Å². The highest BCUT2D eigenvalue weighted by molar-refractivity contribution is 5.91. The van der Waals surface area contributed by atoms with Crippen molar-refractivity contribution in [2.45, 2.75) is 212 Å². The highest BCUT2D eigenvalue weighted by atomic mass is 16.6. The molecule has 3 aromatic carbocycles. The van der Waals surface area contributed by atoms with Crippen LogP contribution in [0.4, 0.5) is 0 Å². The van der Waals surface area contributed by atoms with Gasteiger partial charge in [0.05, 0.1) is 5.56 Å². The van der Waals surface area contributed by atoms with E-state index < -0.39 is 53.1 Å². The van der Waals surface area contributed by atoms with Crippen LogP contribution in [-0.2, 0) is 20.7 Å². The summed E-state index contributed by atoms with van der Waals surface area (Å²) in [5.74, 6) is -6.37. The number of unbranched alkanes of at least 4 members (excludes halogenated alkanes) is 24. The largest absolute Gasteiger partial charge is 0.508 e. The van der Waals surface area contributed by atoms with Gasteiger partial charge in [-0.2, -0.15) is 0 Å². The third-order valence-corrected chi connectivity index (χ3v) is 12.5. The zero-order valence-electron chi connectivity index (χ0n) is 40.2. The van der Waals surface area contributed by atoms with E-state index in [0.29, 0.717) is 12.8 Å². The van der Waals surface area contributed by atoms with E-state index in [9.17, 15) is 45.0 Å². The van der Waals surface area contributed by atoms with Crippen LogP contribution in [0.2, 0.25) is 0 Å². The van der Waals surface area contributed by atoms with Gasteiger partial charge in [-0.1, -0.05) is 168 Å². The van der Waals surface area contributed by atoms with Crippen LogP contribution in [0.5, 0.6) is 51.7 Å². The SMILES string of the molecule is CCCCCCCCCCCCCCCC(=O)Oc1cc(C2Oc3cc(O)cc(O)c3CC2OC(=O)c2cc(O)c(O)c(O)c2)cc(O)c1OC(=O)CCCCCCCCCCCCCCC. The predicted octanol–water partition coefficient (Wildman–Crippen LogP) is 13.6. The minimum absolute atomic E-state index is 0.0449. The summed E-state index contributed by atoms with van der Waals surface area (Å²) in [4.78, 5) is 40.1. The number of aromatic hydroxyl groups is 6. The van der Waals surface area contributed by atoms with Crippen LogP contribution in [0.15, 0.2) is 36.4 Å². The third kappa shape index (κ3) is 19.1. The van der Waals surface area contributed by atoms with Crippen LogP contribution < -0.4 is 14.2 Å². The summed E-state index contributed by atoms with van der Waals surface area (Å²) >= 11 is 0. The van der Waals surface area contributed by atoms with Gasteiger partial charge in [0.2, 0.25) is 5.75 Å². The van der Waals surface area contributed by atoms with Crippen molar-refractivity contribution in [3.63, 3.8) is 0 Å². The van der Waals surface area contributed by atoms with Gasteiger partial charge in [-0.25, -0.2) is 4.79 Å². The fourth-order valence-electron chi connectivity index (χ4n) is 8.63. The maximum Gasteiger partial charge on any atom is 0.338 e. The molecule has 2 unspecified atom stereocenters. The topological polar surface area (TPSA) is 210 Å². The van der Waals surface area contributed by atoms with Gasteiger partial charge in [0.1, 0.15) is 23.4 Å². The van der Waals surface area contributed by atoms with Crippen molar-refractivity contribution in [2.24, 2.45) is 0 Å². The molecule has 13 heteroatoms. The molecule has 6 N–H and O–H groups in total. The molecule has 67 heavy (non-hydrogen) atoms. The van der Waals surface area contributed by atoms with Crippen LogP contribution in [0.3, 0.4) is 0 Å². The van der Waals surface area contributed by atoms with Crippen LogP contribution >= 0.6 is 0 Å². The number of carbonyl (C=O) groups excluding carboxylic acids is 3. The molecule has 0 aliphatic carbocycles. The molecule has 13 nitrogen and oxygen atoms in total. The second kappa shape index (κ2) is 30.1. The van der Waals surface area contributed by atoms with Crippen LogP contribution in [0.1, 0.15) is 221 Å². The molecule has 0 radical (unpaired) electrons. The van der Waals surface area contributed by atoms with Crippen molar-refractivity contribution in [1.29, 1.82) is 0 Å². The number of phenols is 6. The van der Waals surface area contributed by atoms with Gasteiger partial charge in [0.25, 0.3) is 0 Å². The molecule has 2 atom stereocenters. The second-order valence-electron chi connectivity index (χ2n) is 18.3. The van der Waals surface area contributed by atoms with Gasteiger partial charge in [0.15, 0.2) is 34.9 Å². The molecule has 0 bridgehead atoms. The number of carbonyl (C=O) groups is 3. The fourth-order valence-corrected chi connectivity index (χ4v) is 8.63. The molecule has 372 valence electrons. The van der Waals surface area contributed by atoms with Gasteiger partial charge in [-0.15, -0.1) is 0 Å². The quantitative estimate of drug-likeness (QED) is 0.0145. The van der Waals surface area contributed by atoms with Gasteiger partial charge in [0, 0.05) is 42.5 Å². The molecule has 1 aliphatic heterocycles. The Hall–Kier alpha value is -5.33. The third-order valence-electron chi connectivity index (χ3n) is 12.5. The Kier molecular flexibility index (Phi) is 24.4. The van der Waals surface area contributed by atoms with Crippen molar-refractivity contribution < 1.29 is 64.0 Å². The molecule has 0 amide bonds. The van der Waals surface area contributed by atoms with E-state index in [1.165, 1.54) is 121 Å². The average molecular weight is 935 g/mol. The molecule has 0 saturated heterocycles. The lowest BCUT2D eigenvalue weighted by molar-refractivity contribution is -0.137.